The highest BCUT2D eigenvalue weighted by atomic mass is 15.1. The smallest absolute Gasteiger partial charge is 0.0771 e. The molecule has 0 aliphatic carbocycles. The van der Waals surface area contributed by atoms with Gasteiger partial charge in [-0.3, -0.25) is 0 Å². The van der Waals surface area contributed by atoms with Crippen LogP contribution in [0.25, 0.3) is 0 Å². The van der Waals surface area contributed by atoms with Crippen LogP contribution >= 0.6 is 0 Å². The molecule has 1 heterocycles. The summed E-state index contributed by atoms with van der Waals surface area (Å²) in [7, 11) is 2.29. The SMILES string of the molecule is C[NH+]1CCC(CC[NH3+])CC1. The van der Waals surface area contributed by atoms with Crippen molar-refractivity contribution in [3.05, 3.63) is 0 Å². The van der Waals surface area contributed by atoms with Crippen molar-refractivity contribution < 1.29 is 10.6 Å². The number of hydrogen-bond acceptors (Lipinski definition) is 0. The Balaban J connectivity index is 2.13. The largest absolute Gasteiger partial charge is 0.358 e. The van der Waals surface area contributed by atoms with E-state index in [2.05, 4.69) is 12.8 Å². The molecule has 10 heavy (non-hydrogen) atoms. The highest BCUT2D eigenvalue weighted by Gasteiger charge is 2.18. The molecule has 0 bridgehead atoms. The van der Waals surface area contributed by atoms with Gasteiger partial charge in [0, 0.05) is 0 Å². The van der Waals surface area contributed by atoms with Gasteiger partial charge in [-0.15, -0.1) is 0 Å². The average Bonchev–Trinajstić information content (AvgIpc) is 1.95. The van der Waals surface area contributed by atoms with Crippen molar-refractivity contribution in [1.29, 1.82) is 0 Å². The predicted molar refractivity (Wildman–Crippen MR) is 41.7 cm³/mol. The molecule has 0 radical (unpaired) electrons. The third-order valence-electron chi connectivity index (χ3n) is 2.57. The number of rotatable bonds is 2. The monoisotopic (exact) mass is 144 g/mol. The van der Waals surface area contributed by atoms with Gasteiger partial charge in [-0.25, -0.2) is 0 Å². The Morgan fingerprint density at radius 2 is 2.00 bits per heavy atom. The molecule has 1 aliphatic rings. The van der Waals surface area contributed by atoms with Gasteiger partial charge in [0.25, 0.3) is 0 Å². The lowest BCUT2D eigenvalue weighted by molar-refractivity contribution is -0.886. The molecule has 0 spiro atoms. The van der Waals surface area contributed by atoms with Gasteiger partial charge in [0.15, 0.2) is 0 Å². The maximum absolute atomic E-state index is 3.89. The van der Waals surface area contributed by atoms with Crippen LogP contribution in [0.3, 0.4) is 0 Å². The normalized spacial score (nSPS) is 34.2. The fourth-order valence-corrected chi connectivity index (χ4v) is 1.75. The van der Waals surface area contributed by atoms with E-state index >= 15 is 0 Å². The van der Waals surface area contributed by atoms with E-state index < -0.39 is 0 Å². The Morgan fingerprint density at radius 1 is 1.40 bits per heavy atom. The molecule has 60 valence electrons. The highest BCUT2D eigenvalue weighted by Crippen LogP contribution is 2.11. The molecule has 1 aliphatic heterocycles. The Hall–Kier alpha value is -0.0800. The van der Waals surface area contributed by atoms with Crippen molar-refractivity contribution in [2.75, 3.05) is 26.7 Å². The van der Waals surface area contributed by atoms with Crippen molar-refractivity contribution in [3.8, 4) is 0 Å². The zero-order chi connectivity index (χ0) is 7.40. The number of nitrogens with one attached hydrogen (secondary N) is 1. The van der Waals surface area contributed by atoms with E-state index in [9.17, 15) is 0 Å². The van der Waals surface area contributed by atoms with Gasteiger partial charge in [0.1, 0.15) is 0 Å². The molecule has 0 amide bonds. The third kappa shape index (κ3) is 2.27. The Morgan fingerprint density at radius 3 is 2.50 bits per heavy atom. The Labute approximate surface area is 63.4 Å². The summed E-state index contributed by atoms with van der Waals surface area (Å²) in [6.45, 7) is 3.89. The fraction of sp³-hybridized carbons (Fsp3) is 1.00. The lowest BCUT2D eigenvalue weighted by atomic mass is 9.94. The van der Waals surface area contributed by atoms with Crippen LogP contribution in [0.4, 0.5) is 0 Å². The summed E-state index contributed by atoms with van der Waals surface area (Å²) in [4.78, 5) is 1.71. The van der Waals surface area contributed by atoms with Crippen LogP contribution in [0.15, 0.2) is 0 Å². The second-order valence-corrected chi connectivity index (χ2v) is 3.54. The van der Waals surface area contributed by atoms with Gasteiger partial charge in [0.2, 0.25) is 0 Å². The first kappa shape index (κ1) is 8.02. The van der Waals surface area contributed by atoms with E-state index in [0.29, 0.717) is 0 Å². The van der Waals surface area contributed by atoms with Crippen LogP contribution in [0.1, 0.15) is 19.3 Å². The van der Waals surface area contributed by atoms with Crippen LogP contribution in [0.5, 0.6) is 0 Å². The van der Waals surface area contributed by atoms with Gasteiger partial charge < -0.3 is 10.6 Å². The predicted octanol–water partition coefficient (Wildman–Crippen LogP) is -1.46. The van der Waals surface area contributed by atoms with Crippen LogP contribution in [-0.2, 0) is 0 Å². The highest BCUT2D eigenvalue weighted by molar-refractivity contribution is 4.60. The van der Waals surface area contributed by atoms with E-state index in [4.69, 9.17) is 0 Å². The number of hydrogen-bond donors (Lipinski definition) is 2. The first-order chi connectivity index (χ1) is 4.83. The summed E-state index contributed by atoms with van der Waals surface area (Å²) in [6.07, 6.45) is 4.22. The molecule has 0 aromatic carbocycles. The molecular weight excluding hydrogens is 124 g/mol. The van der Waals surface area contributed by atoms with E-state index in [1.165, 1.54) is 32.4 Å². The zero-order valence-corrected chi connectivity index (χ0v) is 7.03. The second kappa shape index (κ2) is 3.94. The summed E-state index contributed by atoms with van der Waals surface area (Å²) in [5, 5.41) is 0. The van der Waals surface area contributed by atoms with Crippen molar-refractivity contribution in [2.24, 2.45) is 5.92 Å². The second-order valence-electron chi connectivity index (χ2n) is 3.54. The minimum atomic E-state index is 1.00. The topological polar surface area (TPSA) is 32.1 Å². The molecule has 1 rings (SSSR count). The summed E-state index contributed by atoms with van der Waals surface area (Å²) < 4.78 is 0. The molecule has 0 aromatic heterocycles. The molecule has 0 saturated carbocycles. The molecular formula is C8H20N2+2. The maximum atomic E-state index is 3.89. The number of piperidine rings is 1. The lowest BCUT2D eigenvalue weighted by Gasteiger charge is -2.25. The van der Waals surface area contributed by atoms with Gasteiger partial charge in [-0.2, -0.15) is 0 Å². The summed E-state index contributed by atoms with van der Waals surface area (Å²) >= 11 is 0. The minimum Gasteiger partial charge on any atom is -0.358 e. The Bertz CT molecular complexity index is 85.3. The Kier molecular flexibility index (Phi) is 3.16. The molecule has 2 heteroatoms. The fourth-order valence-electron chi connectivity index (χ4n) is 1.75. The van der Waals surface area contributed by atoms with E-state index in [1.54, 1.807) is 4.90 Å². The lowest BCUT2D eigenvalue weighted by Crippen LogP contribution is -3.10. The maximum Gasteiger partial charge on any atom is 0.0771 e. The summed E-state index contributed by atoms with van der Waals surface area (Å²) in [6, 6.07) is 0. The first-order valence-electron chi connectivity index (χ1n) is 4.43. The van der Waals surface area contributed by atoms with Gasteiger partial charge in [0.05, 0.1) is 26.7 Å². The van der Waals surface area contributed by atoms with Crippen molar-refractivity contribution in [2.45, 2.75) is 19.3 Å². The number of quaternary nitrogens is 2. The molecule has 2 nitrogen and oxygen atoms in total. The first-order valence-corrected chi connectivity index (χ1v) is 4.43. The molecule has 0 unspecified atom stereocenters. The summed E-state index contributed by atoms with van der Waals surface area (Å²) in [5.74, 6) is 1.00. The molecule has 1 saturated heterocycles. The third-order valence-corrected chi connectivity index (χ3v) is 2.57. The average molecular weight is 144 g/mol. The van der Waals surface area contributed by atoms with Gasteiger partial charge in [-0.1, -0.05) is 0 Å². The van der Waals surface area contributed by atoms with E-state index in [-0.39, 0.29) is 0 Å². The van der Waals surface area contributed by atoms with Crippen LogP contribution < -0.4 is 10.6 Å². The van der Waals surface area contributed by atoms with Crippen LogP contribution in [0, 0.1) is 5.92 Å². The van der Waals surface area contributed by atoms with Crippen molar-refractivity contribution in [1.82, 2.24) is 0 Å². The standard InChI is InChI=1S/C8H18N2/c1-10-6-3-8(2-5-9)4-7-10/h8H,2-7,9H2,1H3/p+2. The van der Waals surface area contributed by atoms with Crippen molar-refractivity contribution >= 4 is 0 Å². The van der Waals surface area contributed by atoms with E-state index in [0.717, 1.165) is 12.5 Å². The summed E-state index contributed by atoms with van der Waals surface area (Å²) in [5.41, 5.74) is 3.89. The van der Waals surface area contributed by atoms with Gasteiger partial charge in [-0.05, 0) is 25.2 Å². The molecule has 1 fully saturated rings. The minimum absolute atomic E-state index is 1.00. The van der Waals surface area contributed by atoms with E-state index in [1.807, 2.05) is 0 Å². The van der Waals surface area contributed by atoms with Crippen molar-refractivity contribution in [3.63, 3.8) is 0 Å². The molecule has 0 atom stereocenters. The zero-order valence-electron chi connectivity index (χ0n) is 7.03. The molecule has 4 N–H and O–H groups in total. The van der Waals surface area contributed by atoms with Gasteiger partial charge >= 0.3 is 0 Å². The van der Waals surface area contributed by atoms with Crippen LogP contribution in [0.2, 0.25) is 0 Å². The van der Waals surface area contributed by atoms with Crippen LogP contribution in [-0.4, -0.2) is 26.7 Å². The quantitative estimate of drug-likeness (QED) is 0.475. The number of likely N-dealkylation sites (tertiary alicyclic amines) is 1. The molecule has 0 aromatic rings.